The van der Waals surface area contributed by atoms with Crippen LogP contribution in [0.4, 0.5) is 0 Å². The topological polar surface area (TPSA) is 50.2 Å². The fourth-order valence-electron chi connectivity index (χ4n) is 1.59. The van der Waals surface area contributed by atoms with Gasteiger partial charge in [-0.05, 0) is 30.3 Å². The van der Waals surface area contributed by atoms with Gasteiger partial charge in [0.15, 0.2) is 5.43 Å². The van der Waals surface area contributed by atoms with Crippen LogP contribution in [-0.4, -0.2) is 10.1 Å². The van der Waals surface area contributed by atoms with Crippen LogP contribution in [0.15, 0.2) is 41.2 Å². The predicted molar refractivity (Wildman–Crippen MR) is 64.2 cm³/mol. The number of aromatic hydroxyl groups is 1. The van der Waals surface area contributed by atoms with Crippen LogP contribution in [0.3, 0.4) is 0 Å². The van der Waals surface area contributed by atoms with E-state index in [4.69, 9.17) is 0 Å². The van der Waals surface area contributed by atoms with Crippen molar-refractivity contribution in [3.8, 4) is 16.3 Å². The maximum Gasteiger partial charge on any atom is 1.00 e. The van der Waals surface area contributed by atoms with E-state index in [2.05, 4.69) is 4.98 Å². The van der Waals surface area contributed by atoms with E-state index in [0.717, 1.165) is 20.8 Å². The third-order valence-electron chi connectivity index (χ3n) is 2.34. The van der Waals surface area contributed by atoms with Crippen molar-refractivity contribution in [1.82, 2.24) is 4.98 Å². The van der Waals surface area contributed by atoms with Gasteiger partial charge in [0.25, 0.3) is 0 Å². The summed E-state index contributed by atoms with van der Waals surface area (Å²) in [6, 6.07) is 9.83. The Kier molecular flexibility index (Phi) is 3.21. The molecule has 0 aromatic heterocycles. The quantitative estimate of drug-likeness (QED) is 0.422. The Morgan fingerprint density at radius 2 is 1.94 bits per heavy atom. The maximum absolute atomic E-state index is 11.2. The number of fused-ring (bicyclic) bond motifs is 2. The number of phenols is 1. The number of hydrogen-bond donors (Lipinski definition) is 1. The summed E-state index contributed by atoms with van der Waals surface area (Å²) in [5, 5.41) is 9.37. The van der Waals surface area contributed by atoms with Gasteiger partial charge in [-0.25, -0.2) is 4.98 Å². The molecule has 2 aliphatic rings. The molecule has 3 nitrogen and oxygen atoms in total. The molecule has 0 radical (unpaired) electrons. The summed E-state index contributed by atoms with van der Waals surface area (Å²) in [7, 11) is 0. The molecular formula is C12H7LiNO2S+. The first kappa shape index (κ1) is 12.1. The Balaban J connectivity index is 0.00000108. The second kappa shape index (κ2) is 4.50. The summed E-state index contributed by atoms with van der Waals surface area (Å²) in [6.07, 6.45) is 0. The van der Waals surface area contributed by atoms with E-state index >= 15 is 0 Å². The van der Waals surface area contributed by atoms with Crippen molar-refractivity contribution in [3.05, 3.63) is 46.6 Å². The molecule has 0 spiro atoms. The fraction of sp³-hybridized carbons (Fsp3) is 0. The Labute approximate surface area is 113 Å². The third kappa shape index (κ3) is 2.20. The minimum atomic E-state index is -0.0231. The van der Waals surface area contributed by atoms with Gasteiger partial charge in [-0.2, -0.15) is 0 Å². The van der Waals surface area contributed by atoms with Gasteiger partial charge in [0.05, 0.1) is 20.8 Å². The van der Waals surface area contributed by atoms with Crippen molar-refractivity contribution in [1.29, 1.82) is 0 Å². The largest absolute Gasteiger partial charge is 1.00 e. The van der Waals surface area contributed by atoms with Crippen LogP contribution < -0.4 is 24.3 Å². The molecule has 0 amide bonds. The van der Waals surface area contributed by atoms with E-state index in [0.29, 0.717) is 0 Å². The van der Waals surface area contributed by atoms with E-state index in [1.165, 1.54) is 17.4 Å². The van der Waals surface area contributed by atoms with E-state index in [9.17, 15) is 9.90 Å². The number of hydrogen-bond acceptors (Lipinski definition) is 4. The fourth-order valence-corrected chi connectivity index (χ4v) is 2.62. The summed E-state index contributed by atoms with van der Waals surface area (Å²) in [5.74, 6) is 0.211. The maximum atomic E-state index is 11.2. The van der Waals surface area contributed by atoms with Crippen molar-refractivity contribution in [2.24, 2.45) is 0 Å². The van der Waals surface area contributed by atoms with E-state index in [1.807, 2.05) is 0 Å². The molecule has 0 unspecified atom stereocenters. The third-order valence-corrected chi connectivity index (χ3v) is 3.43. The zero-order valence-electron chi connectivity index (χ0n) is 9.18. The molecule has 1 aliphatic carbocycles. The van der Waals surface area contributed by atoms with Gasteiger partial charge in [-0.3, -0.25) is 4.79 Å². The first-order valence-corrected chi connectivity index (χ1v) is 5.58. The van der Waals surface area contributed by atoms with Gasteiger partial charge in [0, 0.05) is 6.07 Å². The summed E-state index contributed by atoms with van der Waals surface area (Å²) >= 11 is 1.46. The van der Waals surface area contributed by atoms with Gasteiger partial charge in [-0.15, -0.1) is 11.3 Å². The number of rotatable bonds is 0. The van der Waals surface area contributed by atoms with Crippen molar-refractivity contribution in [3.63, 3.8) is 0 Å². The SMILES string of the molecule is O=c1ccc2nc3ccc(O)cc3sc-2c1.[Li+]. The van der Waals surface area contributed by atoms with Crippen LogP contribution in [0.2, 0.25) is 0 Å². The first-order chi connectivity index (χ1) is 7.72. The Morgan fingerprint density at radius 3 is 2.76 bits per heavy atom. The minimum Gasteiger partial charge on any atom is -0.508 e. The second-order valence-electron chi connectivity index (χ2n) is 3.50. The second-order valence-corrected chi connectivity index (χ2v) is 4.58. The van der Waals surface area contributed by atoms with Gasteiger partial charge in [0.2, 0.25) is 0 Å². The normalized spacial score (nSPS) is 10.4. The number of aromatic nitrogens is 1. The zero-order valence-corrected chi connectivity index (χ0v) is 9.99. The van der Waals surface area contributed by atoms with Crippen LogP contribution in [0, 0.1) is 0 Å². The van der Waals surface area contributed by atoms with Crippen molar-refractivity contribution >= 4 is 21.6 Å². The number of nitrogens with zero attached hydrogens (tertiary/aromatic N) is 1. The summed E-state index contributed by atoms with van der Waals surface area (Å²) in [4.78, 5) is 16.5. The standard InChI is InChI=1S/C12H7NO2S.Li/c14-7-1-3-9-11(5-7)16-12-6-8(15)2-4-10(12)13-9;/h1-6,14H;/q;+1. The molecule has 0 saturated carbocycles. The van der Waals surface area contributed by atoms with Crippen LogP contribution >= 0.6 is 11.3 Å². The molecule has 3 rings (SSSR count). The number of benzene rings is 2. The molecule has 0 bridgehead atoms. The van der Waals surface area contributed by atoms with Crippen LogP contribution in [-0.2, 0) is 0 Å². The van der Waals surface area contributed by atoms with Gasteiger partial charge in [0.1, 0.15) is 5.75 Å². The van der Waals surface area contributed by atoms with Crippen molar-refractivity contribution in [2.75, 3.05) is 0 Å². The van der Waals surface area contributed by atoms with Gasteiger partial charge >= 0.3 is 18.9 Å². The van der Waals surface area contributed by atoms with E-state index in [1.54, 1.807) is 30.3 Å². The summed E-state index contributed by atoms with van der Waals surface area (Å²) in [5.41, 5.74) is 1.61. The Morgan fingerprint density at radius 1 is 1.12 bits per heavy atom. The van der Waals surface area contributed by atoms with Crippen LogP contribution in [0.5, 0.6) is 5.75 Å². The minimum absolute atomic E-state index is 0. The molecule has 1 heterocycles. The van der Waals surface area contributed by atoms with Crippen LogP contribution in [0.25, 0.3) is 20.8 Å². The monoisotopic (exact) mass is 236 g/mol. The Bertz CT molecular complexity index is 710. The molecule has 1 aromatic carbocycles. The van der Waals surface area contributed by atoms with Gasteiger partial charge in [-0.1, -0.05) is 0 Å². The molecule has 0 fully saturated rings. The van der Waals surface area contributed by atoms with Gasteiger partial charge < -0.3 is 5.11 Å². The van der Waals surface area contributed by atoms with Crippen molar-refractivity contribution < 1.29 is 24.0 Å². The zero-order chi connectivity index (χ0) is 11.1. The average Bonchev–Trinajstić information content (AvgIpc) is 2.26. The molecule has 1 aliphatic heterocycles. The molecule has 78 valence electrons. The molecule has 1 aromatic rings. The molecule has 0 atom stereocenters. The predicted octanol–water partition coefficient (Wildman–Crippen LogP) is -0.529. The smallest absolute Gasteiger partial charge is 0.508 e. The van der Waals surface area contributed by atoms with E-state index in [-0.39, 0.29) is 30.0 Å². The molecule has 5 heteroatoms. The number of phenolic OH excluding ortho intramolecular Hbond substituents is 1. The van der Waals surface area contributed by atoms with Crippen LogP contribution in [0.1, 0.15) is 0 Å². The molecular weight excluding hydrogens is 229 g/mol. The summed E-state index contributed by atoms with van der Waals surface area (Å²) in [6.45, 7) is 0. The summed E-state index contributed by atoms with van der Waals surface area (Å²) < 4.78 is 0.873. The first-order valence-electron chi connectivity index (χ1n) is 4.76. The Hall–Kier alpha value is -1.34. The molecule has 1 N–H and O–H groups in total. The van der Waals surface area contributed by atoms with Crippen molar-refractivity contribution in [2.45, 2.75) is 0 Å². The van der Waals surface area contributed by atoms with E-state index < -0.39 is 0 Å². The average molecular weight is 236 g/mol. The molecule has 17 heavy (non-hydrogen) atoms. The molecule has 0 saturated heterocycles.